The van der Waals surface area contributed by atoms with Crippen LogP contribution in [0.4, 0.5) is 5.69 Å². The van der Waals surface area contributed by atoms with Crippen LogP contribution in [0.2, 0.25) is 0 Å². The van der Waals surface area contributed by atoms with Crippen molar-refractivity contribution in [1.82, 2.24) is 5.32 Å². The lowest BCUT2D eigenvalue weighted by molar-refractivity contribution is -0.385. The second-order valence-corrected chi connectivity index (χ2v) is 3.99. The largest absolute Gasteiger partial charge is 0.477 e. The van der Waals surface area contributed by atoms with Gasteiger partial charge in [0.25, 0.3) is 5.91 Å². The van der Waals surface area contributed by atoms with Crippen LogP contribution in [0.5, 0.6) is 5.75 Å². The Morgan fingerprint density at radius 2 is 2.26 bits per heavy atom. The maximum absolute atomic E-state index is 10.9. The van der Waals surface area contributed by atoms with Crippen LogP contribution in [0.15, 0.2) is 18.2 Å². The maximum Gasteiger partial charge on any atom is 0.311 e. The summed E-state index contributed by atoms with van der Waals surface area (Å²) >= 11 is 0. The van der Waals surface area contributed by atoms with Gasteiger partial charge in [0, 0.05) is 12.6 Å². The Hall–Kier alpha value is -2.15. The van der Waals surface area contributed by atoms with Gasteiger partial charge in [0.05, 0.1) is 4.92 Å². The van der Waals surface area contributed by atoms with Crippen molar-refractivity contribution in [3.63, 3.8) is 0 Å². The summed E-state index contributed by atoms with van der Waals surface area (Å²) in [6.07, 6.45) is 0.988. The van der Waals surface area contributed by atoms with Gasteiger partial charge in [-0.1, -0.05) is 13.0 Å². The normalized spacial score (nSPS) is 10.2. The molecule has 1 rings (SSSR count). The number of hydrogen-bond acceptors (Lipinski definition) is 5. The Morgan fingerprint density at radius 1 is 1.53 bits per heavy atom. The Balaban J connectivity index is 2.82. The molecule has 0 spiro atoms. The minimum absolute atomic E-state index is 0.0445. The zero-order valence-corrected chi connectivity index (χ0v) is 10.7. The summed E-state index contributed by atoms with van der Waals surface area (Å²) in [5.74, 6) is -0.633. The predicted octanol–water partition coefficient (Wildman–Crippen LogP) is 0.959. The molecule has 0 saturated carbocycles. The van der Waals surface area contributed by atoms with Crippen molar-refractivity contribution in [2.24, 2.45) is 5.73 Å². The zero-order chi connectivity index (χ0) is 14.3. The number of benzene rings is 1. The zero-order valence-electron chi connectivity index (χ0n) is 10.7. The molecular formula is C12H17N3O4. The molecular weight excluding hydrogens is 250 g/mol. The minimum Gasteiger partial charge on any atom is -0.477 e. The van der Waals surface area contributed by atoms with E-state index >= 15 is 0 Å². The van der Waals surface area contributed by atoms with Crippen LogP contribution in [-0.4, -0.2) is 24.0 Å². The average molecular weight is 267 g/mol. The minimum atomic E-state index is -0.678. The van der Waals surface area contributed by atoms with Crippen LogP contribution in [-0.2, 0) is 11.3 Å². The second kappa shape index (κ2) is 7.32. The Morgan fingerprint density at radius 3 is 2.84 bits per heavy atom. The number of nitro groups is 1. The van der Waals surface area contributed by atoms with E-state index in [9.17, 15) is 14.9 Å². The highest BCUT2D eigenvalue weighted by molar-refractivity contribution is 5.75. The smallest absolute Gasteiger partial charge is 0.311 e. The molecule has 104 valence electrons. The number of ether oxygens (including phenoxy) is 1. The number of primary amides is 1. The highest BCUT2D eigenvalue weighted by Crippen LogP contribution is 2.27. The fourth-order valence-electron chi connectivity index (χ4n) is 1.50. The molecule has 1 amide bonds. The van der Waals surface area contributed by atoms with Gasteiger partial charge in [-0.05, 0) is 24.6 Å². The molecule has 0 aliphatic carbocycles. The quantitative estimate of drug-likeness (QED) is 0.414. The van der Waals surface area contributed by atoms with E-state index in [1.807, 2.05) is 6.92 Å². The first-order chi connectivity index (χ1) is 9.04. The number of rotatable bonds is 8. The topological polar surface area (TPSA) is 107 Å². The molecule has 0 aromatic heterocycles. The fraction of sp³-hybridized carbons (Fsp3) is 0.417. The highest BCUT2D eigenvalue weighted by atomic mass is 16.6. The standard InChI is InChI=1S/C12H17N3O4/c1-2-5-14-7-9-3-4-11(19-8-12(13)16)10(6-9)15(17)18/h3-4,6,14H,2,5,7-8H2,1H3,(H2,13,16). The van der Waals surface area contributed by atoms with E-state index in [1.165, 1.54) is 12.1 Å². The number of nitrogens with two attached hydrogens (primary N) is 1. The predicted molar refractivity (Wildman–Crippen MR) is 69.8 cm³/mol. The molecule has 0 saturated heterocycles. The van der Waals surface area contributed by atoms with Crippen molar-refractivity contribution in [1.29, 1.82) is 0 Å². The van der Waals surface area contributed by atoms with Crippen molar-refractivity contribution in [2.75, 3.05) is 13.2 Å². The summed E-state index contributed by atoms with van der Waals surface area (Å²) < 4.78 is 5.00. The van der Waals surface area contributed by atoms with Gasteiger partial charge in [-0.2, -0.15) is 0 Å². The van der Waals surface area contributed by atoms with Crippen molar-refractivity contribution >= 4 is 11.6 Å². The second-order valence-electron chi connectivity index (χ2n) is 3.99. The first-order valence-electron chi connectivity index (χ1n) is 5.93. The van der Waals surface area contributed by atoms with Crippen molar-refractivity contribution in [2.45, 2.75) is 19.9 Å². The molecule has 1 aromatic rings. The van der Waals surface area contributed by atoms with Crippen molar-refractivity contribution in [3.05, 3.63) is 33.9 Å². The number of nitrogens with zero attached hydrogens (tertiary/aromatic N) is 1. The van der Waals surface area contributed by atoms with E-state index in [0.717, 1.165) is 18.5 Å². The number of nitrogens with one attached hydrogen (secondary N) is 1. The molecule has 0 aliphatic rings. The van der Waals surface area contributed by atoms with Crippen molar-refractivity contribution in [3.8, 4) is 5.75 Å². The molecule has 0 heterocycles. The van der Waals surface area contributed by atoms with Gasteiger partial charge >= 0.3 is 5.69 Å². The van der Waals surface area contributed by atoms with Crippen LogP contribution in [0.3, 0.4) is 0 Å². The van der Waals surface area contributed by atoms with Crippen LogP contribution in [0.1, 0.15) is 18.9 Å². The first kappa shape index (κ1) is 14.9. The van der Waals surface area contributed by atoms with Crippen LogP contribution < -0.4 is 15.8 Å². The SMILES string of the molecule is CCCNCc1ccc(OCC(N)=O)c([N+](=O)[O-])c1. The summed E-state index contributed by atoms with van der Waals surface area (Å²) in [7, 11) is 0. The third kappa shape index (κ3) is 4.92. The van der Waals surface area contributed by atoms with Crippen LogP contribution >= 0.6 is 0 Å². The lowest BCUT2D eigenvalue weighted by Crippen LogP contribution is -2.20. The number of amides is 1. The van der Waals surface area contributed by atoms with E-state index < -0.39 is 10.8 Å². The third-order valence-electron chi connectivity index (χ3n) is 2.35. The van der Waals surface area contributed by atoms with E-state index in [1.54, 1.807) is 6.07 Å². The van der Waals surface area contributed by atoms with E-state index in [-0.39, 0.29) is 18.0 Å². The first-order valence-corrected chi connectivity index (χ1v) is 5.93. The van der Waals surface area contributed by atoms with Crippen LogP contribution in [0, 0.1) is 10.1 Å². The molecule has 0 aliphatic heterocycles. The average Bonchev–Trinajstić information content (AvgIpc) is 2.37. The summed E-state index contributed by atoms with van der Waals surface area (Å²) in [5.41, 5.74) is 5.55. The van der Waals surface area contributed by atoms with Gasteiger partial charge in [-0.25, -0.2) is 0 Å². The van der Waals surface area contributed by atoms with Gasteiger partial charge in [0.2, 0.25) is 0 Å². The monoisotopic (exact) mass is 267 g/mol. The number of carbonyl (C=O) groups excluding carboxylic acids is 1. The van der Waals surface area contributed by atoms with Crippen LogP contribution in [0.25, 0.3) is 0 Å². The Labute approximate surface area is 110 Å². The summed E-state index contributed by atoms with van der Waals surface area (Å²) in [6, 6.07) is 4.62. The van der Waals surface area contributed by atoms with Crippen molar-refractivity contribution < 1.29 is 14.5 Å². The Bertz CT molecular complexity index is 462. The molecule has 0 bridgehead atoms. The highest BCUT2D eigenvalue weighted by Gasteiger charge is 2.16. The number of carbonyl (C=O) groups is 1. The summed E-state index contributed by atoms with van der Waals surface area (Å²) in [4.78, 5) is 21.0. The molecule has 0 fully saturated rings. The lowest BCUT2D eigenvalue weighted by Gasteiger charge is -2.07. The molecule has 7 heteroatoms. The van der Waals surface area contributed by atoms with Gasteiger partial charge in [0.15, 0.2) is 12.4 Å². The molecule has 1 aromatic carbocycles. The van der Waals surface area contributed by atoms with Gasteiger partial charge in [-0.15, -0.1) is 0 Å². The molecule has 19 heavy (non-hydrogen) atoms. The van der Waals surface area contributed by atoms with E-state index in [4.69, 9.17) is 10.5 Å². The van der Waals surface area contributed by atoms with Gasteiger partial charge in [-0.3, -0.25) is 14.9 Å². The van der Waals surface area contributed by atoms with E-state index in [2.05, 4.69) is 5.32 Å². The maximum atomic E-state index is 10.9. The number of hydrogen-bond donors (Lipinski definition) is 2. The van der Waals surface area contributed by atoms with E-state index in [0.29, 0.717) is 6.54 Å². The fourth-order valence-corrected chi connectivity index (χ4v) is 1.50. The number of nitro benzene ring substituents is 1. The van der Waals surface area contributed by atoms with Gasteiger partial charge < -0.3 is 15.8 Å². The molecule has 0 radical (unpaired) electrons. The Kier molecular flexibility index (Phi) is 5.74. The van der Waals surface area contributed by atoms with Gasteiger partial charge in [0.1, 0.15) is 0 Å². The third-order valence-corrected chi connectivity index (χ3v) is 2.35. The lowest BCUT2D eigenvalue weighted by atomic mass is 10.2. The molecule has 0 unspecified atom stereocenters. The molecule has 3 N–H and O–H groups in total. The molecule has 7 nitrogen and oxygen atoms in total. The molecule has 0 atom stereocenters. The summed E-state index contributed by atoms with van der Waals surface area (Å²) in [6.45, 7) is 3.04. The summed E-state index contributed by atoms with van der Waals surface area (Å²) in [5, 5.41) is 14.1.